The lowest BCUT2D eigenvalue weighted by Gasteiger charge is -2.28. The van der Waals surface area contributed by atoms with Gasteiger partial charge in [-0.05, 0) is 39.5 Å². The number of nitrogens with two attached hydrogens (primary N) is 1. The maximum atomic E-state index is 12.1. The first kappa shape index (κ1) is 14.4. The lowest BCUT2D eigenvalue weighted by Crippen LogP contribution is -2.40. The van der Waals surface area contributed by atoms with Crippen LogP contribution < -0.4 is 5.73 Å². The number of rotatable bonds is 2. The fourth-order valence-corrected chi connectivity index (χ4v) is 3.58. The van der Waals surface area contributed by atoms with E-state index in [4.69, 9.17) is 15.0 Å². The Balaban J connectivity index is 1.69. The Bertz CT molecular complexity index is 549. The summed E-state index contributed by atoms with van der Waals surface area (Å²) in [5.74, 6) is 1.52. The molecule has 21 heavy (non-hydrogen) atoms. The molecule has 3 rings (SSSR count). The first-order valence-corrected chi connectivity index (χ1v) is 7.40. The Labute approximate surface area is 124 Å². The SMILES string of the molecule is Cc1cc(C2(CN)[C@@H]3CN(C(=O)OC(C)(C)C)C[C@@H]32)no1. The maximum absolute atomic E-state index is 12.1. The molecule has 6 nitrogen and oxygen atoms in total. The van der Waals surface area contributed by atoms with Gasteiger partial charge in [0.25, 0.3) is 0 Å². The zero-order chi connectivity index (χ0) is 15.4. The van der Waals surface area contributed by atoms with Crippen molar-refractivity contribution in [2.45, 2.75) is 38.7 Å². The van der Waals surface area contributed by atoms with E-state index in [-0.39, 0.29) is 11.5 Å². The van der Waals surface area contributed by atoms with Crippen LogP contribution in [0.25, 0.3) is 0 Å². The molecule has 2 aliphatic rings. The smallest absolute Gasteiger partial charge is 0.410 e. The number of hydrogen-bond acceptors (Lipinski definition) is 5. The summed E-state index contributed by atoms with van der Waals surface area (Å²) < 4.78 is 10.6. The van der Waals surface area contributed by atoms with Gasteiger partial charge in [-0.25, -0.2) is 4.79 Å². The standard InChI is InChI=1S/C15H23N3O3/c1-9-5-12(17-21-9)15(8-16)10-6-18(7-11(10)15)13(19)20-14(2,3)4/h5,10-11H,6-8,16H2,1-4H3/t10-,11+,15?. The molecule has 0 aromatic carbocycles. The molecule has 0 bridgehead atoms. The van der Waals surface area contributed by atoms with Crippen LogP contribution in [0.1, 0.15) is 32.2 Å². The number of piperidine rings is 1. The third kappa shape index (κ3) is 2.21. The van der Waals surface area contributed by atoms with Crippen molar-refractivity contribution in [3.05, 3.63) is 17.5 Å². The molecule has 2 fully saturated rings. The van der Waals surface area contributed by atoms with Gasteiger partial charge in [-0.1, -0.05) is 5.16 Å². The van der Waals surface area contributed by atoms with Crippen molar-refractivity contribution in [2.24, 2.45) is 17.6 Å². The van der Waals surface area contributed by atoms with Crippen molar-refractivity contribution >= 4 is 6.09 Å². The molecule has 1 amide bonds. The van der Waals surface area contributed by atoms with Gasteiger partial charge in [0.05, 0.1) is 5.69 Å². The fraction of sp³-hybridized carbons (Fsp3) is 0.733. The lowest BCUT2D eigenvalue weighted by molar-refractivity contribution is 0.0261. The highest BCUT2D eigenvalue weighted by atomic mass is 16.6. The van der Waals surface area contributed by atoms with E-state index in [1.54, 1.807) is 4.90 Å². The number of likely N-dealkylation sites (tertiary alicyclic amines) is 1. The summed E-state index contributed by atoms with van der Waals surface area (Å²) in [4.78, 5) is 13.9. The molecule has 1 aliphatic carbocycles. The summed E-state index contributed by atoms with van der Waals surface area (Å²) in [5, 5.41) is 4.14. The summed E-state index contributed by atoms with van der Waals surface area (Å²) in [6.07, 6.45) is -0.239. The molecule has 116 valence electrons. The van der Waals surface area contributed by atoms with Crippen LogP contribution in [0, 0.1) is 18.8 Å². The van der Waals surface area contributed by atoms with E-state index in [0.29, 0.717) is 31.5 Å². The van der Waals surface area contributed by atoms with Crippen molar-refractivity contribution in [1.82, 2.24) is 10.1 Å². The van der Waals surface area contributed by atoms with E-state index < -0.39 is 5.60 Å². The molecule has 6 heteroatoms. The summed E-state index contributed by atoms with van der Waals surface area (Å²) in [6, 6.07) is 1.96. The van der Waals surface area contributed by atoms with Crippen LogP contribution in [0.5, 0.6) is 0 Å². The van der Waals surface area contributed by atoms with Crippen LogP contribution in [0.2, 0.25) is 0 Å². The van der Waals surface area contributed by atoms with E-state index in [1.165, 1.54) is 0 Å². The normalized spacial score (nSPS) is 31.2. The number of aryl methyl sites for hydroxylation is 1. The Kier molecular flexibility index (Phi) is 3.06. The second-order valence-electron chi connectivity index (χ2n) is 7.17. The fourth-order valence-electron chi connectivity index (χ4n) is 3.58. The van der Waals surface area contributed by atoms with E-state index in [9.17, 15) is 4.79 Å². The predicted octanol–water partition coefficient (Wildman–Crippen LogP) is 1.68. The van der Waals surface area contributed by atoms with Gasteiger partial charge in [0.2, 0.25) is 0 Å². The molecule has 1 saturated heterocycles. The van der Waals surface area contributed by atoms with Crippen molar-refractivity contribution in [3.63, 3.8) is 0 Å². The maximum Gasteiger partial charge on any atom is 0.410 e. The highest BCUT2D eigenvalue weighted by molar-refractivity contribution is 5.69. The highest BCUT2D eigenvalue weighted by Crippen LogP contribution is 2.62. The van der Waals surface area contributed by atoms with Gasteiger partial charge < -0.3 is 19.9 Å². The lowest BCUT2D eigenvalue weighted by atomic mass is 9.95. The van der Waals surface area contributed by atoms with Gasteiger partial charge >= 0.3 is 6.09 Å². The minimum Gasteiger partial charge on any atom is -0.444 e. The third-order valence-corrected chi connectivity index (χ3v) is 4.63. The molecule has 1 aliphatic heterocycles. The number of carbonyl (C=O) groups excluding carboxylic acids is 1. The first-order valence-electron chi connectivity index (χ1n) is 7.40. The molecule has 0 radical (unpaired) electrons. The van der Waals surface area contributed by atoms with E-state index in [2.05, 4.69) is 5.16 Å². The zero-order valence-corrected chi connectivity index (χ0v) is 13.0. The summed E-state index contributed by atoms with van der Waals surface area (Å²) in [7, 11) is 0. The molecular weight excluding hydrogens is 270 g/mol. The van der Waals surface area contributed by atoms with Crippen molar-refractivity contribution in [2.75, 3.05) is 19.6 Å². The van der Waals surface area contributed by atoms with Gasteiger partial charge in [-0.2, -0.15) is 0 Å². The van der Waals surface area contributed by atoms with E-state index >= 15 is 0 Å². The number of carbonyl (C=O) groups is 1. The van der Waals surface area contributed by atoms with Gasteiger partial charge in [-0.3, -0.25) is 0 Å². The Morgan fingerprint density at radius 2 is 2.14 bits per heavy atom. The topological polar surface area (TPSA) is 81.6 Å². The van der Waals surface area contributed by atoms with Crippen molar-refractivity contribution in [1.29, 1.82) is 0 Å². The summed E-state index contributed by atoms with van der Waals surface area (Å²) in [6.45, 7) is 9.42. The van der Waals surface area contributed by atoms with Gasteiger partial charge in [-0.15, -0.1) is 0 Å². The van der Waals surface area contributed by atoms with Crippen LogP contribution in [0.3, 0.4) is 0 Å². The number of amides is 1. The number of aromatic nitrogens is 1. The highest BCUT2D eigenvalue weighted by Gasteiger charge is 2.70. The molecule has 1 saturated carbocycles. The number of hydrogen-bond donors (Lipinski definition) is 1. The van der Waals surface area contributed by atoms with Crippen LogP contribution >= 0.6 is 0 Å². The van der Waals surface area contributed by atoms with Crippen LogP contribution in [-0.4, -0.2) is 41.4 Å². The van der Waals surface area contributed by atoms with E-state index in [0.717, 1.165) is 11.5 Å². The Morgan fingerprint density at radius 3 is 2.57 bits per heavy atom. The van der Waals surface area contributed by atoms with Crippen LogP contribution in [0.4, 0.5) is 4.79 Å². The Hall–Kier alpha value is -1.56. The minimum absolute atomic E-state index is 0.115. The molecule has 1 aromatic heterocycles. The van der Waals surface area contributed by atoms with Crippen LogP contribution in [0.15, 0.2) is 10.6 Å². The van der Waals surface area contributed by atoms with Gasteiger partial charge in [0, 0.05) is 31.1 Å². The van der Waals surface area contributed by atoms with E-state index in [1.807, 2.05) is 33.8 Å². The minimum atomic E-state index is -0.460. The number of nitrogens with zero attached hydrogens (tertiary/aromatic N) is 2. The average molecular weight is 293 g/mol. The molecule has 2 heterocycles. The van der Waals surface area contributed by atoms with Crippen LogP contribution in [-0.2, 0) is 10.2 Å². The molecule has 1 aromatic rings. The second-order valence-corrected chi connectivity index (χ2v) is 7.17. The van der Waals surface area contributed by atoms with Gasteiger partial charge in [0.15, 0.2) is 0 Å². The molecule has 0 spiro atoms. The molecule has 3 atom stereocenters. The summed E-state index contributed by atoms with van der Waals surface area (Å²) in [5.41, 5.74) is 6.36. The number of fused-ring (bicyclic) bond motifs is 1. The predicted molar refractivity (Wildman–Crippen MR) is 76.8 cm³/mol. The van der Waals surface area contributed by atoms with Gasteiger partial charge in [0.1, 0.15) is 11.4 Å². The molecular formula is C15H23N3O3. The first-order chi connectivity index (χ1) is 9.78. The van der Waals surface area contributed by atoms with Crippen molar-refractivity contribution in [3.8, 4) is 0 Å². The molecule has 1 unspecified atom stereocenters. The third-order valence-electron chi connectivity index (χ3n) is 4.63. The second kappa shape index (κ2) is 4.47. The largest absolute Gasteiger partial charge is 0.444 e. The molecule has 2 N–H and O–H groups in total. The quantitative estimate of drug-likeness (QED) is 0.897. The number of ether oxygens (including phenoxy) is 1. The monoisotopic (exact) mass is 293 g/mol. The Morgan fingerprint density at radius 1 is 1.52 bits per heavy atom. The zero-order valence-electron chi connectivity index (χ0n) is 13.0. The average Bonchev–Trinajstić information content (AvgIpc) is 2.75. The van der Waals surface area contributed by atoms with Crippen molar-refractivity contribution < 1.29 is 14.1 Å². The summed E-state index contributed by atoms with van der Waals surface area (Å²) >= 11 is 0.